The minimum atomic E-state index is -0.00352. The number of hydrogen-bond acceptors (Lipinski definition) is 2. The first-order valence-corrected chi connectivity index (χ1v) is 4.08. The van der Waals surface area contributed by atoms with Crippen LogP contribution in [-0.4, -0.2) is 35.7 Å². The van der Waals surface area contributed by atoms with E-state index in [9.17, 15) is 5.11 Å². The lowest BCUT2D eigenvalue weighted by molar-refractivity contribution is 0.0834. The molecule has 0 radical (unpaired) electrons. The molecule has 0 aromatic rings. The average Bonchev–Trinajstić information content (AvgIpc) is 2.26. The van der Waals surface area contributed by atoms with Crippen molar-refractivity contribution in [2.24, 2.45) is 11.8 Å². The SMILES string of the molecule is CC1C2CN(C)C1CC2O. The van der Waals surface area contributed by atoms with Crippen LogP contribution in [0.1, 0.15) is 13.3 Å². The topological polar surface area (TPSA) is 23.5 Å². The Morgan fingerprint density at radius 2 is 2.20 bits per heavy atom. The van der Waals surface area contributed by atoms with Crippen LogP contribution in [-0.2, 0) is 0 Å². The molecule has 2 heteroatoms. The molecule has 2 fully saturated rings. The van der Waals surface area contributed by atoms with E-state index in [4.69, 9.17) is 0 Å². The third-order valence-corrected chi connectivity index (χ3v) is 3.32. The van der Waals surface area contributed by atoms with Gasteiger partial charge in [0.15, 0.2) is 0 Å². The van der Waals surface area contributed by atoms with Crippen molar-refractivity contribution in [3.05, 3.63) is 0 Å². The van der Waals surface area contributed by atoms with Crippen molar-refractivity contribution in [2.45, 2.75) is 25.5 Å². The lowest BCUT2D eigenvalue weighted by Crippen LogP contribution is -2.34. The molecular weight excluding hydrogens is 126 g/mol. The maximum absolute atomic E-state index is 9.48. The first-order chi connectivity index (χ1) is 4.70. The summed E-state index contributed by atoms with van der Waals surface area (Å²) < 4.78 is 0. The van der Waals surface area contributed by atoms with E-state index in [1.54, 1.807) is 0 Å². The Kier molecular flexibility index (Phi) is 1.29. The van der Waals surface area contributed by atoms with Gasteiger partial charge in [-0.05, 0) is 19.4 Å². The van der Waals surface area contributed by atoms with Crippen LogP contribution in [0.4, 0.5) is 0 Å². The van der Waals surface area contributed by atoms with E-state index in [0.717, 1.165) is 18.9 Å². The largest absolute Gasteiger partial charge is 0.393 e. The summed E-state index contributed by atoms with van der Waals surface area (Å²) in [4.78, 5) is 2.38. The van der Waals surface area contributed by atoms with Crippen LogP contribution in [0.15, 0.2) is 0 Å². The van der Waals surface area contributed by atoms with Gasteiger partial charge in [-0.25, -0.2) is 0 Å². The average molecular weight is 141 g/mol. The van der Waals surface area contributed by atoms with Crippen molar-refractivity contribution in [1.82, 2.24) is 4.90 Å². The Labute approximate surface area is 61.8 Å². The summed E-state index contributed by atoms with van der Waals surface area (Å²) in [7, 11) is 2.16. The second-order valence-corrected chi connectivity index (χ2v) is 3.83. The molecule has 0 spiro atoms. The van der Waals surface area contributed by atoms with Gasteiger partial charge in [0.05, 0.1) is 6.10 Å². The molecule has 0 aromatic carbocycles. The fraction of sp³-hybridized carbons (Fsp3) is 1.00. The van der Waals surface area contributed by atoms with Crippen molar-refractivity contribution >= 4 is 0 Å². The lowest BCUT2D eigenvalue weighted by atomic mass is 9.99. The fourth-order valence-electron chi connectivity index (χ4n) is 2.61. The highest BCUT2D eigenvalue weighted by Gasteiger charge is 2.47. The van der Waals surface area contributed by atoms with Crippen LogP contribution in [0.3, 0.4) is 0 Å². The van der Waals surface area contributed by atoms with Gasteiger partial charge in [0.25, 0.3) is 0 Å². The van der Waals surface area contributed by atoms with Crippen LogP contribution >= 0.6 is 0 Å². The molecule has 1 saturated carbocycles. The Morgan fingerprint density at radius 3 is 2.50 bits per heavy atom. The molecule has 2 bridgehead atoms. The van der Waals surface area contributed by atoms with Gasteiger partial charge in [0, 0.05) is 18.5 Å². The molecular formula is C8H15NO. The van der Waals surface area contributed by atoms with Crippen LogP contribution < -0.4 is 0 Å². The number of piperidine rings is 1. The minimum Gasteiger partial charge on any atom is -0.393 e. The lowest BCUT2D eigenvalue weighted by Gasteiger charge is -2.24. The summed E-state index contributed by atoms with van der Waals surface area (Å²) in [5.41, 5.74) is 0. The zero-order chi connectivity index (χ0) is 7.30. The van der Waals surface area contributed by atoms with E-state index in [1.807, 2.05) is 0 Å². The normalized spacial score (nSPS) is 54.3. The van der Waals surface area contributed by atoms with Gasteiger partial charge in [-0.3, -0.25) is 0 Å². The van der Waals surface area contributed by atoms with Crippen LogP contribution in [0, 0.1) is 11.8 Å². The van der Waals surface area contributed by atoms with E-state index < -0.39 is 0 Å². The first-order valence-electron chi connectivity index (χ1n) is 4.08. The number of aliphatic hydroxyl groups is 1. The number of hydrogen-bond donors (Lipinski definition) is 1. The third kappa shape index (κ3) is 0.663. The zero-order valence-electron chi connectivity index (χ0n) is 6.62. The molecule has 1 aliphatic carbocycles. The monoisotopic (exact) mass is 141 g/mol. The molecule has 10 heavy (non-hydrogen) atoms. The summed E-state index contributed by atoms with van der Waals surface area (Å²) in [5.74, 6) is 1.29. The second-order valence-electron chi connectivity index (χ2n) is 3.83. The summed E-state index contributed by atoms with van der Waals surface area (Å²) >= 11 is 0. The number of rotatable bonds is 0. The summed E-state index contributed by atoms with van der Waals surface area (Å²) in [6.45, 7) is 3.36. The Balaban J connectivity index is 2.17. The van der Waals surface area contributed by atoms with Crippen LogP contribution in [0.2, 0.25) is 0 Å². The molecule has 1 heterocycles. The molecule has 2 nitrogen and oxygen atoms in total. The van der Waals surface area contributed by atoms with Gasteiger partial charge in [0.2, 0.25) is 0 Å². The molecule has 4 unspecified atom stereocenters. The molecule has 2 rings (SSSR count). The standard InChI is InChI=1S/C8H15NO/c1-5-6-4-9(2)7(5)3-8(6)10/h5-8,10H,3-4H2,1-2H3. The van der Waals surface area contributed by atoms with Gasteiger partial charge in [-0.1, -0.05) is 6.92 Å². The molecule has 1 N–H and O–H groups in total. The number of nitrogens with zero attached hydrogens (tertiary/aromatic N) is 1. The summed E-state index contributed by atoms with van der Waals surface area (Å²) in [6, 6.07) is 0.667. The van der Waals surface area contributed by atoms with E-state index in [0.29, 0.717) is 12.0 Å². The Hall–Kier alpha value is -0.0800. The van der Waals surface area contributed by atoms with Crippen molar-refractivity contribution in [1.29, 1.82) is 0 Å². The van der Waals surface area contributed by atoms with E-state index in [2.05, 4.69) is 18.9 Å². The summed E-state index contributed by atoms with van der Waals surface area (Å²) in [5, 5.41) is 9.48. The van der Waals surface area contributed by atoms with Gasteiger partial charge >= 0.3 is 0 Å². The molecule has 0 amide bonds. The zero-order valence-corrected chi connectivity index (χ0v) is 6.62. The van der Waals surface area contributed by atoms with Crippen molar-refractivity contribution in [3.63, 3.8) is 0 Å². The van der Waals surface area contributed by atoms with Gasteiger partial charge in [0.1, 0.15) is 0 Å². The highest BCUT2D eigenvalue weighted by atomic mass is 16.3. The third-order valence-electron chi connectivity index (χ3n) is 3.32. The number of fused-ring (bicyclic) bond motifs is 2. The minimum absolute atomic E-state index is 0.00352. The highest BCUT2D eigenvalue weighted by Crippen LogP contribution is 2.41. The molecule has 1 aliphatic heterocycles. The predicted molar refractivity (Wildman–Crippen MR) is 39.7 cm³/mol. The summed E-state index contributed by atoms with van der Waals surface area (Å²) in [6.07, 6.45) is 0.999. The molecule has 0 aromatic heterocycles. The maximum atomic E-state index is 9.48. The fourth-order valence-corrected chi connectivity index (χ4v) is 2.61. The Morgan fingerprint density at radius 1 is 1.50 bits per heavy atom. The van der Waals surface area contributed by atoms with Crippen LogP contribution in [0.25, 0.3) is 0 Å². The number of likely N-dealkylation sites (tertiary alicyclic amines) is 1. The van der Waals surface area contributed by atoms with Gasteiger partial charge in [-0.15, -0.1) is 0 Å². The maximum Gasteiger partial charge on any atom is 0.0598 e. The number of aliphatic hydroxyl groups excluding tert-OH is 1. The van der Waals surface area contributed by atoms with Crippen LogP contribution in [0.5, 0.6) is 0 Å². The molecule has 4 atom stereocenters. The Bertz CT molecular complexity index is 132. The predicted octanol–water partition coefficient (Wildman–Crippen LogP) is 0.317. The van der Waals surface area contributed by atoms with E-state index >= 15 is 0 Å². The molecule has 2 aliphatic rings. The second kappa shape index (κ2) is 1.95. The first kappa shape index (κ1) is 6.62. The van der Waals surface area contributed by atoms with Crippen molar-refractivity contribution < 1.29 is 5.11 Å². The van der Waals surface area contributed by atoms with E-state index in [1.165, 1.54) is 0 Å². The van der Waals surface area contributed by atoms with Crippen molar-refractivity contribution in [2.75, 3.05) is 13.6 Å². The van der Waals surface area contributed by atoms with E-state index in [-0.39, 0.29) is 6.10 Å². The molecule has 1 saturated heterocycles. The van der Waals surface area contributed by atoms with Gasteiger partial charge in [-0.2, -0.15) is 0 Å². The quantitative estimate of drug-likeness (QED) is 0.525. The molecule has 58 valence electrons. The highest BCUT2D eigenvalue weighted by molar-refractivity contribution is 5.00. The van der Waals surface area contributed by atoms with Crippen molar-refractivity contribution in [3.8, 4) is 0 Å². The smallest absolute Gasteiger partial charge is 0.0598 e. The van der Waals surface area contributed by atoms with Gasteiger partial charge < -0.3 is 10.0 Å².